The number of rotatable bonds is 6. The highest BCUT2D eigenvalue weighted by molar-refractivity contribution is 7.89. The molecule has 0 radical (unpaired) electrons. The topological polar surface area (TPSA) is 82.6 Å². The number of nitrogens with zero attached hydrogens (tertiary/aromatic N) is 3. The predicted octanol–water partition coefficient (Wildman–Crippen LogP) is 1.89. The van der Waals surface area contributed by atoms with E-state index in [1.807, 2.05) is 6.07 Å². The van der Waals surface area contributed by atoms with Crippen molar-refractivity contribution < 1.29 is 17.6 Å². The van der Waals surface area contributed by atoms with E-state index in [9.17, 15) is 17.6 Å². The van der Waals surface area contributed by atoms with Gasteiger partial charge < -0.3 is 9.80 Å². The lowest BCUT2D eigenvalue weighted by Crippen LogP contribution is -2.49. The molecule has 0 saturated carbocycles. The van der Waals surface area contributed by atoms with Crippen LogP contribution in [0.25, 0.3) is 0 Å². The normalized spacial score (nSPS) is 14.9. The van der Waals surface area contributed by atoms with Crippen LogP contribution in [0, 0.1) is 5.82 Å². The van der Waals surface area contributed by atoms with Crippen LogP contribution in [0.1, 0.15) is 6.42 Å². The molecule has 0 atom stereocenters. The zero-order valence-corrected chi connectivity index (χ0v) is 16.6. The molecule has 1 aliphatic heterocycles. The molecule has 0 unspecified atom stereocenters. The van der Waals surface area contributed by atoms with Gasteiger partial charge in [0.25, 0.3) is 0 Å². The number of amides is 1. The fraction of sp³-hybridized carbons (Fsp3) is 0.333. The third-order valence-corrected chi connectivity index (χ3v) is 6.12. The number of piperazine rings is 1. The van der Waals surface area contributed by atoms with Gasteiger partial charge >= 0.3 is 0 Å². The van der Waals surface area contributed by atoms with Crippen molar-refractivity contribution in [3.63, 3.8) is 0 Å². The molecule has 3 rings (SSSR count). The summed E-state index contributed by atoms with van der Waals surface area (Å²) < 4.78 is 39.6. The third kappa shape index (κ3) is 5.18. The second-order valence-corrected chi connectivity index (χ2v) is 8.51. The molecule has 10 heteroatoms. The molecule has 0 bridgehead atoms. The van der Waals surface area contributed by atoms with E-state index in [2.05, 4.69) is 14.6 Å². The molecule has 28 heavy (non-hydrogen) atoms. The van der Waals surface area contributed by atoms with Crippen LogP contribution in [0.5, 0.6) is 0 Å². The summed E-state index contributed by atoms with van der Waals surface area (Å²) in [5, 5.41) is 0.570. The molecule has 1 saturated heterocycles. The van der Waals surface area contributed by atoms with Gasteiger partial charge in [0.1, 0.15) is 11.6 Å². The SMILES string of the molecule is O=C(CCNS(=O)(=O)c1ccc(F)cc1)N1CCN(c2ccc(Cl)cn2)CC1. The minimum Gasteiger partial charge on any atom is -0.353 e. The van der Waals surface area contributed by atoms with Crippen LogP contribution in [0.15, 0.2) is 47.5 Å². The van der Waals surface area contributed by atoms with Gasteiger partial charge in [-0.1, -0.05) is 11.6 Å². The molecule has 1 aliphatic rings. The van der Waals surface area contributed by atoms with E-state index in [0.717, 1.165) is 18.0 Å². The van der Waals surface area contributed by atoms with E-state index in [0.29, 0.717) is 31.2 Å². The molecule has 1 fully saturated rings. The standard InChI is InChI=1S/C18H20ClFN4O3S/c19-14-1-6-17(21-13-14)23-9-11-24(12-10-23)18(25)7-8-22-28(26,27)16-4-2-15(20)3-5-16/h1-6,13,22H,7-12H2. The molecular weight excluding hydrogens is 407 g/mol. The van der Waals surface area contributed by atoms with E-state index in [1.54, 1.807) is 17.2 Å². The van der Waals surface area contributed by atoms with Crippen molar-refractivity contribution in [3.8, 4) is 0 Å². The Morgan fingerprint density at radius 2 is 1.79 bits per heavy atom. The molecule has 0 spiro atoms. The van der Waals surface area contributed by atoms with Gasteiger partial charge in [-0.25, -0.2) is 22.5 Å². The van der Waals surface area contributed by atoms with Gasteiger partial charge in [0, 0.05) is 45.3 Å². The monoisotopic (exact) mass is 426 g/mol. The maximum atomic E-state index is 12.9. The predicted molar refractivity (Wildman–Crippen MR) is 104 cm³/mol. The van der Waals surface area contributed by atoms with Gasteiger partial charge in [-0.3, -0.25) is 4.79 Å². The van der Waals surface area contributed by atoms with Gasteiger partial charge in [-0.05, 0) is 36.4 Å². The third-order valence-electron chi connectivity index (χ3n) is 4.42. The zero-order chi connectivity index (χ0) is 20.1. The first-order valence-corrected chi connectivity index (χ1v) is 10.6. The fourth-order valence-corrected chi connectivity index (χ4v) is 4.03. The Morgan fingerprint density at radius 3 is 2.39 bits per heavy atom. The number of carbonyl (C=O) groups is 1. The molecule has 7 nitrogen and oxygen atoms in total. The van der Waals surface area contributed by atoms with Crippen LogP contribution in [0.2, 0.25) is 5.02 Å². The van der Waals surface area contributed by atoms with E-state index in [4.69, 9.17) is 11.6 Å². The number of hydrogen-bond donors (Lipinski definition) is 1. The first kappa shape index (κ1) is 20.5. The number of hydrogen-bond acceptors (Lipinski definition) is 5. The number of aromatic nitrogens is 1. The number of sulfonamides is 1. The van der Waals surface area contributed by atoms with Crippen LogP contribution in [0.3, 0.4) is 0 Å². The summed E-state index contributed by atoms with van der Waals surface area (Å²) in [6.07, 6.45) is 1.64. The fourth-order valence-electron chi connectivity index (χ4n) is 2.89. The van der Waals surface area contributed by atoms with Crippen LogP contribution in [-0.4, -0.2) is 56.9 Å². The van der Waals surface area contributed by atoms with Gasteiger partial charge in [0.15, 0.2) is 0 Å². The van der Waals surface area contributed by atoms with Gasteiger partial charge in [-0.2, -0.15) is 0 Å². The summed E-state index contributed by atoms with van der Waals surface area (Å²) in [5.41, 5.74) is 0. The second-order valence-electron chi connectivity index (χ2n) is 6.30. The number of anilines is 1. The smallest absolute Gasteiger partial charge is 0.240 e. The summed E-state index contributed by atoms with van der Waals surface area (Å²) in [6, 6.07) is 8.13. The maximum Gasteiger partial charge on any atom is 0.240 e. The maximum absolute atomic E-state index is 12.9. The molecule has 2 aromatic rings. The zero-order valence-electron chi connectivity index (χ0n) is 15.0. The lowest BCUT2D eigenvalue weighted by Gasteiger charge is -2.35. The molecule has 1 aromatic carbocycles. The average molecular weight is 427 g/mol. The van der Waals surface area contributed by atoms with Crippen LogP contribution < -0.4 is 9.62 Å². The highest BCUT2D eigenvalue weighted by Crippen LogP contribution is 2.16. The van der Waals surface area contributed by atoms with Crippen LogP contribution >= 0.6 is 11.6 Å². The number of halogens is 2. The van der Waals surface area contributed by atoms with Crippen molar-refractivity contribution >= 4 is 33.3 Å². The summed E-state index contributed by atoms with van der Waals surface area (Å²) in [7, 11) is -3.77. The van der Waals surface area contributed by atoms with Gasteiger partial charge in [-0.15, -0.1) is 0 Å². The van der Waals surface area contributed by atoms with Crippen molar-refractivity contribution in [1.29, 1.82) is 0 Å². The highest BCUT2D eigenvalue weighted by atomic mass is 35.5. The summed E-state index contributed by atoms with van der Waals surface area (Å²) in [5.74, 6) is 0.177. The lowest BCUT2D eigenvalue weighted by atomic mass is 10.2. The van der Waals surface area contributed by atoms with E-state index < -0.39 is 15.8 Å². The minimum atomic E-state index is -3.77. The average Bonchev–Trinajstić information content (AvgIpc) is 2.69. The van der Waals surface area contributed by atoms with Gasteiger partial charge in [0.2, 0.25) is 15.9 Å². The Labute approximate surface area is 168 Å². The van der Waals surface area contributed by atoms with E-state index in [-0.39, 0.29) is 23.8 Å². The molecule has 2 heterocycles. The molecule has 1 amide bonds. The lowest BCUT2D eigenvalue weighted by molar-refractivity contribution is -0.131. The van der Waals surface area contributed by atoms with E-state index >= 15 is 0 Å². The first-order valence-electron chi connectivity index (χ1n) is 8.75. The van der Waals surface area contributed by atoms with Crippen molar-refractivity contribution in [2.75, 3.05) is 37.6 Å². The molecule has 150 valence electrons. The van der Waals surface area contributed by atoms with Crippen molar-refractivity contribution in [1.82, 2.24) is 14.6 Å². The molecule has 1 N–H and O–H groups in total. The quantitative estimate of drug-likeness (QED) is 0.762. The highest BCUT2D eigenvalue weighted by Gasteiger charge is 2.22. The van der Waals surface area contributed by atoms with Crippen LogP contribution in [0.4, 0.5) is 10.2 Å². The number of carbonyl (C=O) groups excluding carboxylic acids is 1. The Bertz CT molecular complexity index is 915. The largest absolute Gasteiger partial charge is 0.353 e. The number of benzene rings is 1. The van der Waals surface area contributed by atoms with Crippen molar-refractivity contribution in [2.45, 2.75) is 11.3 Å². The molecule has 0 aliphatic carbocycles. The Morgan fingerprint density at radius 1 is 1.11 bits per heavy atom. The number of nitrogens with one attached hydrogen (secondary N) is 1. The minimum absolute atomic E-state index is 0.0164. The van der Waals surface area contributed by atoms with Gasteiger partial charge in [0.05, 0.1) is 9.92 Å². The number of pyridine rings is 1. The van der Waals surface area contributed by atoms with E-state index in [1.165, 1.54) is 12.1 Å². The molecule has 1 aromatic heterocycles. The Kier molecular flexibility index (Phi) is 6.48. The summed E-state index contributed by atoms with van der Waals surface area (Å²) >= 11 is 5.84. The molecular formula is C18H20ClFN4O3S. The van der Waals surface area contributed by atoms with Crippen molar-refractivity contribution in [3.05, 3.63) is 53.4 Å². The van der Waals surface area contributed by atoms with Crippen LogP contribution in [-0.2, 0) is 14.8 Å². The van der Waals surface area contributed by atoms with Crippen molar-refractivity contribution in [2.24, 2.45) is 0 Å². The second kappa shape index (κ2) is 8.85. The first-order chi connectivity index (χ1) is 13.3. The summed E-state index contributed by atoms with van der Waals surface area (Å²) in [6.45, 7) is 2.34. The Balaban J connectivity index is 1.45. The Hall–Kier alpha value is -2.23. The summed E-state index contributed by atoms with van der Waals surface area (Å²) in [4.78, 5) is 20.4.